The summed E-state index contributed by atoms with van der Waals surface area (Å²) in [5, 5.41) is 9.27. The Morgan fingerprint density at radius 3 is 2.42 bits per heavy atom. The summed E-state index contributed by atoms with van der Waals surface area (Å²) in [5.41, 5.74) is 0. The van der Waals surface area contributed by atoms with Gasteiger partial charge in [-0.15, -0.1) is 0 Å². The lowest BCUT2D eigenvalue weighted by Crippen LogP contribution is -2.41. The lowest BCUT2D eigenvalue weighted by atomic mass is 10.3. The third-order valence-corrected chi connectivity index (χ3v) is 0.859. The van der Waals surface area contributed by atoms with Gasteiger partial charge in [0.2, 0.25) is 0 Å². The highest BCUT2D eigenvalue weighted by molar-refractivity contribution is 5.81. The molecule has 0 aliphatic rings. The Labute approximate surface area is 65.0 Å². The van der Waals surface area contributed by atoms with Gasteiger partial charge in [0.25, 0.3) is 12.1 Å². The van der Waals surface area contributed by atoms with Gasteiger partial charge in [-0.25, -0.2) is 4.39 Å². The van der Waals surface area contributed by atoms with Crippen molar-refractivity contribution in [3.8, 4) is 6.07 Å². The van der Waals surface area contributed by atoms with E-state index in [4.69, 9.17) is 5.26 Å². The normalized spacial score (nSPS) is 13.2. The van der Waals surface area contributed by atoms with Crippen molar-refractivity contribution in [3.63, 3.8) is 0 Å². The number of alkyl halides is 4. The molecule has 68 valence electrons. The molecular weight excluding hydrogens is 180 g/mol. The van der Waals surface area contributed by atoms with E-state index >= 15 is 0 Å². The van der Waals surface area contributed by atoms with E-state index in [0.717, 1.165) is 0 Å². The van der Waals surface area contributed by atoms with E-state index in [1.54, 1.807) is 0 Å². The summed E-state index contributed by atoms with van der Waals surface area (Å²) in [6, 6.07) is 1.34. The van der Waals surface area contributed by atoms with Gasteiger partial charge in [-0.2, -0.15) is 18.4 Å². The molecule has 0 saturated heterocycles. The second-order valence-electron chi connectivity index (χ2n) is 1.78. The topological polar surface area (TPSA) is 52.9 Å². The molecule has 1 atom stereocenters. The lowest BCUT2D eigenvalue weighted by molar-refractivity contribution is -0.186. The molecule has 0 saturated carbocycles. The highest BCUT2D eigenvalue weighted by Crippen LogP contribution is 2.22. The number of amides is 1. The van der Waals surface area contributed by atoms with Crippen molar-refractivity contribution in [1.82, 2.24) is 5.32 Å². The molecule has 0 radical (unpaired) electrons. The van der Waals surface area contributed by atoms with Gasteiger partial charge in [0.05, 0.1) is 6.07 Å². The first-order chi connectivity index (χ1) is 5.39. The van der Waals surface area contributed by atoms with Crippen LogP contribution in [0.5, 0.6) is 0 Å². The summed E-state index contributed by atoms with van der Waals surface area (Å²) < 4.78 is 46.2. The Hall–Kier alpha value is -1.32. The Bertz CT molecular complexity index is 206. The molecule has 3 nitrogen and oxygen atoms in total. The number of halogens is 4. The number of nitriles is 1. The molecule has 1 unspecified atom stereocenters. The molecule has 0 bridgehead atoms. The molecule has 0 fully saturated rings. The molecule has 1 N–H and O–H groups in total. The number of carbonyl (C=O) groups is 1. The summed E-state index contributed by atoms with van der Waals surface area (Å²) in [7, 11) is 0. The maximum absolute atomic E-state index is 12.0. The van der Waals surface area contributed by atoms with Gasteiger partial charge in [0.1, 0.15) is 6.54 Å². The number of hydrogen-bond acceptors (Lipinski definition) is 2. The Balaban J connectivity index is 4.04. The molecule has 0 aromatic heterocycles. The number of nitrogens with one attached hydrogen (secondary N) is 1. The predicted octanol–water partition coefficient (Wildman–Crippen LogP) is 0.527. The molecule has 0 aromatic carbocycles. The molecule has 0 heterocycles. The third-order valence-electron chi connectivity index (χ3n) is 0.859. The maximum Gasteiger partial charge on any atom is 0.428 e. The van der Waals surface area contributed by atoms with Crippen LogP contribution in [0.15, 0.2) is 0 Å². The zero-order valence-electron chi connectivity index (χ0n) is 5.65. The summed E-state index contributed by atoms with van der Waals surface area (Å²) in [5.74, 6) is -1.84. The number of rotatable bonds is 2. The van der Waals surface area contributed by atoms with Crippen LogP contribution in [0, 0.1) is 11.3 Å². The minimum Gasteiger partial charge on any atom is -0.340 e. The molecule has 7 heteroatoms. The molecular formula is C5H4F4N2O. The van der Waals surface area contributed by atoms with Crippen LogP contribution < -0.4 is 5.32 Å². The van der Waals surface area contributed by atoms with Gasteiger partial charge in [-0.1, -0.05) is 0 Å². The fraction of sp³-hybridized carbons (Fsp3) is 0.600. The first-order valence-electron chi connectivity index (χ1n) is 2.75. The van der Waals surface area contributed by atoms with Crippen molar-refractivity contribution in [2.45, 2.75) is 12.3 Å². The molecule has 0 aliphatic heterocycles. The largest absolute Gasteiger partial charge is 0.428 e. The number of carbonyl (C=O) groups excluding carboxylic acids is 1. The van der Waals surface area contributed by atoms with E-state index in [2.05, 4.69) is 0 Å². The maximum atomic E-state index is 12.0. The van der Waals surface area contributed by atoms with E-state index in [-0.39, 0.29) is 0 Å². The summed E-state index contributed by atoms with van der Waals surface area (Å²) in [6.07, 6.45) is -8.77. The van der Waals surface area contributed by atoms with Gasteiger partial charge in [-0.05, 0) is 0 Å². The zero-order chi connectivity index (χ0) is 9.78. The minimum absolute atomic E-state index is 0.644. The fourth-order valence-corrected chi connectivity index (χ4v) is 0.365. The van der Waals surface area contributed by atoms with Gasteiger partial charge in [0.15, 0.2) is 0 Å². The van der Waals surface area contributed by atoms with Crippen LogP contribution in [0.1, 0.15) is 0 Å². The van der Waals surface area contributed by atoms with Gasteiger partial charge in [0, 0.05) is 0 Å². The highest BCUT2D eigenvalue weighted by atomic mass is 19.4. The van der Waals surface area contributed by atoms with Crippen LogP contribution in [0.3, 0.4) is 0 Å². The monoisotopic (exact) mass is 184 g/mol. The Morgan fingerprint density at radius 1 is 1.58 bits per heavy atom. The Morgan fingerprint density at radius 2 is 2.08 bits per heavy atom. The minimum atomic E-state index is -5.21. The summed E-state index contributed by atoms with van der Waals surface area (Å²) >= 11 is 0. The molecule has 0 spiro atoms. The van der Waals surface area contributed by atoms with Crippen LogP contribution >= 0.6 is 0 Å². The SMILES string of the molecule is N#CCNC(=O)C(F)C(F)(F)F. The van der Waals surface area contributed by atoms with Crippen LogP contribution in [-0.4, -0.2) is 24.8 Å². The third kappa shape index (κ3) is 3.18. The molecule has 0 aromatic rings. The quantitative estimate of drug-likeness (QED) is 0.502. The average Bonchev–Trinajstić information content (AvgIpc) is 1.97. The van der Waals surface area contributed by atoms with E-state index in [9.17, 15) is 22.4 Å². The van der Waals surface area contributed by atoms with E-state index in [0.29, 0.717) is 0 Å². The van der Waals surface area contributed by atoms with Crippen molar-refractivity contribution in [2.24, 2.45) is 0 Å². The molecule has 0 aliphatic carbocycles. The molecule has 1 amide bonds. The lowest BCUT2D eigenvalue weighted by Gasteiger charge is -2.10. The fourth-order valence-electron chi connectivity index (χ4n) is 0.365. The van der Waals surface area contributed by atoms with E-state index in [1.165, 1.54) is 11.4 Å². The van der Waals surface area contributed by atoms with Crippen LogP contribution in [0.25, 0.3) is 0 Å². The highest BCUT2D eigenvalue weighted by Gasteiger charge is 2.45. The van der Waals surface area contributed by atoms with Crippen molar-refractivity contribution < 1.29 is 22.4 Å². The Kier molecular flexibility index (Phi) is 3.47. The standard InChI is InChI=1S/C5H4F4N2O/c6-3(5(7,8)9)4(12)11-2-1-10/h3H,2H2,(H,11,12). The van der Waals surface area contributed by atoms with Crippen molar-refractivity contribution in [3.05, 3.63) is 0 Å². The van der Waals surface area contributed by atoms with Gasteiger partial charge < -0.3 is 5.32 Å². The van der Waals surface area contributed by atoms with E-state index < -0.39 is 24.8 Å². The van der Waals surface area contributed by atoms with Gasteiger partial charge >= 0.3 is 6.18 Å². The van der Waals surface area contributed by atoms with Crippen LogP contribution in [0.4, 0.5) is 17.6 Å². The summed E-state index contributed by atoms with van der Waals surface area (Å²) in [6.45, 7) is -0.644. The van der Waals surface area contributed by atoms with Crippen LogP contribution in [0.2, 0.25) is 0 Å². The first-order valence-corrected chi connectivity index (χ1v) is 2.75. The van der Waals surface area contributed by atoms with E-state index in [1.807, 2.05) is 0 Å². The van der Waals surface area contributed by atoms with Crippen molar-refractivity contribution in [1.29, 1.82) is 5.26 Å². The van der Waals surface area contributed by atoms with Crippen molar-refractivity contribution in [2.75, 3.05) is 6.54 Å². The first kappa shape index (κ1) is 10.7. The van der Waals surface area contributed by atoms with Crippen LogP contribution in [-0.2, 0) is 4.79 Å². The second-order valence-corrected chi connectivity index (χ2v) is 1.78. The molecule has 0 rings (SSSR count). The zero-order valence-corrected chi connectivity index (χ0v) is 5.65. The average molecular weight is 184 g/mol. The second kappa shape index (κ2) is 3.90. The van der Waals surface area contributed by atoms with Crippen molar-refractivity contribution >= 4 is 5.91 Å². The predicted molar refractivity (Wildman–Crippen MR) is 29.6 cm³/mol. The number of nitrogens with zero attached hydrogens (tertiary/aromatic N) is 1. The summed E-state index contributed by atoms with van der Waals surface area (Å²) in [4.78, 5) is 10.2. The number of hydrogen-bond donors (Lipinski definition) is 1. The smallest absolute Gasteiger partial charge is 0.340 e. The van der Waals surface area contributed by atoms with Gasteiger partial charge in [-0.3, -0.25) is 4.79 Å². The molecule has 12 heavy (non-hydrogen) atoms.